The summed E-state index contributed by atoms with van der Waals surface area (Å²) in [5, 5.41) is 8.06. The van der Waals surface area contributed by atoms with Gasteiger partial charge in [-0.3, -0.25) is 4.79 Å². The van der Waals surface area contributed by atoms with Crippen LogP contribution in [0.2, 0.25) is 0 Å². The van der Waals surface area contributed by atoms with Gasteiger partial charge >= 0.3 is 6.36 Å². The third-order valence-corrected chi connectivity index (χ3v) is 4.56. The summed E-state index contributed by atoms with van der Waals surface area (Å²) in [6.07, 6.45) is -4.39. The number of nitrogens with zero attached hydrogens (tertiary/aromatic N) is 4. The van der Waals surface area contributed by atoms with Gasteiger partial charge in [-0.2, -0.15) is 4.52 Å². The van der Waals surface area contributed by atoms with Crippen LogP contribution in [0.1, 0.15) is 13.3 Å². The molecule has 0 aliphatic heterocycles. The summed E-state index contributed by atoms with van der Waals surface area (Å²) in [6, 6.07) is 11.9. The minimum atomic E-state index is -4.81. The molecule has 4 rings (SSSR count). The maximum Gasteiger partial charge on any atom is 0.573 e. The van der Waals surface area contributed by atoms with Crippen molar-refractivity contribution < 1.29 is 22.7 Å². The lowest BCUT2D eigenvalue weighted by Crippen LogP contribution is -2.35. The predicted molar refractivity (Wildman–Crippen MR) is 107 cm³/mol. The van der Waals surface area contributed by atoms with Gasteiger partial charge in [0.15, 0.2) is 11.5 Å². The fourth-order valence-corrected chi connectivity index (χ4v) is 3.13. The second-order valence-corrected chi connectivity index (χ2v) is 6.71. The highest BCUT2D eigenvalue weighted by molar-refractivity contribution is 5.93. The molecule has 0 fully saturated rings. The summed E-state index contributed by atoms with van der Waals surface area (Å²) >= 11 is 0. The van der Waals surface area contributed by atoms with E-state index in [9.17, 15) is 18.0 Å². The molecule has 0 spiro atoms. The first-order valence-electron chi connectivity index (χ1n) is 9.32. The molecular weight excluding hydrogens is 413 g/mol. The van der Waals surface area contributed by atoms with E-state index in [-0.39, 0.29) is 17.5 Å². The van der Waals surface area contributed by atoms with E-state index in [0.717, 1.165) is 0 Å². The van der Waals surface area contributed by atoms with Crippen molar-refractivity contribution in [2.75, 3.05) is 5.32 Å². The van der Waals surface area contributed by atoms with Gasteiger partial charge in [0.05, 0.1) is 5.52 Å². The topological polar surface area (TPSA) is 107 Å². The van der Waals surface area contributed by atoms with Crippen molar-refractivity contribution >= 4 is 28.4 Å². The van der Waals surface area contributed by atoms with Gasteiger partial charge in [-0.15, -0.1) is 18.3 Å². The van der Waals surface area contributed by atoms with Crippen LogP contribution in [-0.2, 0) is 4.79 Å². The first-order valence-corrected chi connectivity index (χ1v) is 9.32. The van der Waals surface area contributed by atoms with Crippen LogP contribution in [-0.4, -0.2) is 37.9 Å². The van der Waals surface area contributed by atoms with Crippen molar-refractivity contribution in [1.29, 1.82) is 0 Å². The van der Waals surface area contributed by atoms with Crippen molar-refractivity contribution in [3.63, 3.8) is 0 Å². The molecule has 0 radical (unpaired) electrons. The Morgan fingerprint density at radius 3 is 2.68 bits per heavy atom. The number of ether oxygens (including phenoxy) is 1. The number of primary amides is 1. The molecule has 0 aliphatic rings. The number of rotatable bonds is 6. The van der Waals surface area contributed by atoms with E-state index in [4.69, 9.17) is 5.73 Å². The van der Waals surface area contributed by atoms with E-state index in [1.165, 1.54) is 22.7 Å². The standard InChI is InChI=1S/C20H17F3N6O2/c1-2-14(16(24)30)25-19-26-15-9-4-3-8-13(15)18-27-17(28-29(18)19)11-6-5-7-12(10-11)31-20(21,22)23/h3-10,14H,2H2,1H3,(H2,24,30)(H,25,26). The number of benzene rings is 2. The van der Waals surface area contributed by atoms with Gasteiger partial charge < -0.3 is 15.8 Å². The fraction of sp³-hybridized carbons (Fsp3) is 0.200. The maximum atomic E-state index is 12.6. The molecule has 1 atom stereocenters. The van der Waals surface area contributed by atoms with Crippen LogP contribution in [0.25, 0.3) is 27.9 Å². The second kappa shape index (κ2) is 7.74. The number of carbonyl (C=O) groups is 1. The molecule has 2 heterocycles. The number of aromatic nitrogens is 4. The number of carbonyl (C=O) groups excluding carboxylic acids is 1. The number of hydrogen-bond acceptors (Lipinski definition) is 6. The maximum absolute atomic E-state index is 12.6. The van der Waals surface area contributed by atoms with Crippen LogP contribution in [0.3, 0.4) is 0 Å². The van der Waals surface area contributed by atoms with Crippen LogP contribution in [0.5, 0.6) is 5.75 Å². The lowest BCUT2D eigenvalue weighted by atomic mass is 10.2. The molecular formula is C20H17F3N6O2. The Hall–Kier alpha value is -3.89. The zero-order valence-corrected chi connectivity index (χ0v) is 16.2. The van der Waals surface area contributed by atoms with Crippen LogP contribution < -0.4 is 15.8 Å². The van der Waals surface area contributed by atoms with Gasteiger partial charge in [0, 0.05) is 10.9 Å². The summed E-state index contributed by atoms with van der Waals surface area (Å²) in [7, 11) is 0. The van der Waals surface area contributed by atoms with Gasteiger partial charge in [0.2, 0.25) is 11.9 Å². The Balaban J connectivity index is 1.86. The average molecular weight is 430 g/mol. The molecule has 0 saturated heterocycles. The Bertz CT molecular complexity index is 1270. The molecule has 160 valence electrons. The molecule has 2 aromatic carbocycles. The number of halogens is 3. The first-order chi connectivity index (χ1) is 14.7. The highest BCUT2D eigenvalue weighted by atomic mass is 19.4. The van der Waals surface area contributed by atoms with Crippen molar-refractivity contribution in [2.45, 2.75) is 25.7 Å². The highest BCUT2D eigenvalue weighted by Crippen LogP contribution is 2.28. The third kappa shape index (κ3) is 4.20. The molecule has 4 aromatic rings. The molecule has 0 aliphatic carbocycles. The van der Waals surface area contributed by atoms with Gasteiger partial charge in [-0.05, 0) is 30.7 Å². The summed E-state index contributed by atoms with van der Waals surface area (Å²) in [4.78, 5) is 20.7. The van der Waals surface area contributed by atoms with E-state index in [2.05, 4.69) is 25.1 Å². The number of para-hydroxylation sites is 1. The summed E-state index contributed by atoms with van der Waals surface area (Å²) in [5.74, 6) is -0.533. The molecule has 11 heteroatoms. The monoisotopic (exact) mass is 430 g/mol. The normalized spacial score (nSPS) is 12.8. The predicted octanol–water partition coefficient (Wildman–Crippen LogP) is 3.52. The number of anilines is 1. The van der Waals surface area contributed by atoms with Gasteiger partial charge in [0.1, 0.15) is 11.8 Å². The van der Waals surface area contributed by atoms with E-state index >= 15 is 0 Å². The SMILES string of the molecule is CCC(Nc1nc2ccccc2c2nc(-c3cccc(OC(F)(F)F)c3)nn12)C(N)=O. The molecule has 0 bridgehead atoms. The van der Waals surface area contributed by atoms with E-state index < -0.39 is 18.3 Å². The molecule has 1 unspecified atom stereocenters. The van der Waals surface area contributed by atoms with Crippen LogP contribution in [0, 0.1) is 0 Å². The van der Waals surface area contributed by atoms with E-state index in [0.29, 0.717) is 28.5 Å². The minimum Gasteiger partial charge on any atom is -0.406 e. The smallest absolute Gasteiger partial charge is 0.406 e. The number of nitrogens with two attached hydrogens (primary N) is 1. The molecule has 3 N–H and O–H groups in total. The van der Waals surface area contributed by atoms with Crippen molar-refractivity contribution in [1.82, 2.24) is 19.6 Å². The molecule has 2 aromatic heterocycles. The molecule has 1 amide bonds. The molecule has 8 nitrogen and oxygen atoms in total. The van der Waals surface area contributed by atoms with Crippen LogP contribution in [0.15, 0.2) is 48.5 Å². The van der Waals surface area contributed by atoms with Crippen molar-refractivity contribution in [3.8, 4) is 17.1 Å². The lowest BCUT2D eigenvalue weighted by molar-refractivity contribution is -0.274. The van der Waals surface area contributed by atoms with E-state index in [1.54, 1.807) is 31.2 Å². The van der Waals surface area contributed by atoms with Crippen LogP contribution in [0.4, 0.5) is 19.1 Å². The number of nitrogens with one attached hydrogen (secondary N) is 1. The quantitative estimate of drug-likeness (QED) is 0.485. The minimum absolute atomic E-state index is 0.168. The third-order valence-electron chi connectivity index (χ3n) is 4.56. The highest BCUT2D eigenvalue weighted by Gasteiger charge is 2.31. The largest absolute Gasteiger partial charge is 0.573 e. The number of fused-ring (bicyclic) bond motifs is 3. The van der Waals surface area contributed by atoms with E-state index in [1.807, 2.05) is 6.07 Å². The number of alkyl halides is 3. The lowest BCUT2D eigenvalue weighted by Gasteiger charge is -2.15. The Labute approximate surface area is 173 Å². The van der Waals surface area contributed by atoms with Crippen LogP contribution >= 0.6 is 0 Å². The molecule has 0 saturated carbocycles. The number of amides is 1. The Kier molecular flexibility index (Phi) is 5.09. The Morgan fingerprint density at radius 1 is 1.19 bits per heavy atom. The summed E-state index contributed by atoms with van der Waals surface area (Å²) in [5.41, 5.74) is 6.78. The summed E-state index contributed by atoms with van der Waals surface area (Å²) in [6.45, 7) is 1.79. The Morgan fingerprint density at radius 2 is 1.97 bits per heavy atom. The zero-order valence-electron chi connectivity index (χ0n) is 16.2. The van der Waals surface area contributed by atoms with Crippen molar-refractivity contribution in [3.05, 3.63) is 48.5 Å². The fourth-order valence-electron chi connectivity index (χ4n) is 3.13. The average Bonchev–Trinajstić information content (AvgIpc) is 3.16. The van der Waals surface area contributed by atoms with Gasteiger partial charge in [-0.1, -0.05) is 31.2 Å². The van der Waals surface area contributed by atoms with Gasteiger partial charge in [-0.25, -0.2) is 9.97 Å². The van der Waals surface area contributed by atoms with Crippen molar-refractivity contribution in [2.24, 2.45) is 5.73 Å². The first kappa shape index (κ1) is 20.4. The summed E-state index contributed by atoms with van der Waals surface area (Å²) < 4.78 is 43.1. The number of hydrogen-bond donors (Lipinski definition) is 2. The van der Waals surface area contributed by atoms with Gasteiger partial charge in [0.25, 0.3) is 0 Å². The second-order valence-electron chi connectivity index (χ2n) is 6.71. The zero-order chi connectivity index (χ0) is 22.2. The molecule has 31 heavy (non-hydrogen) atoms.